The van der Waals surface area contributed by atoms with Gasteiger partial charge in [-0.3, -0.25) is 9.69 Å². The summed E-state index contributed by atoms with van der Waals surface area (Å²) in [5.74, 6) is -1.68. The fraction of sp³-hybridized carbons (Fsp3) is 0.800. The zero-order chi connectivity index (χ0) is 17.6. The van der Waals surface area contributed by atoms with Crippen LogP contribution in [0.25, 0.3) is 0 Å². The molecule has 1 amide bonds. The lowest BCUT2D eigenvalue weighted by Gasteiger charge is -2.26. The van der Waals surface area contributed by atoms with Crippen LogP contribution in [0.2, 0.25) is 0 Å². The predicted octanol–water partition coefficient (Wildman–Crippen LogP) is 1.52. The third kappa shape index (κ3) is 9.22. The summed E-state index contributed by atoms with van der Waals surface area (Å²) in [6, 6.07) is -0.991. The number of hydrogen-bond acceptors (Lipinski definition) is 5. The van der Waals surface area contributed by atoms with E-state index in [1.807, 2.05) is 0 Å². The van der Waals surface area contributed by atoms with Gasteiger partial charge in [-0.25, -0.2) is 9.59 Å². The Hall–Kier alpha value is -1.13. The van der Waals surface area contributed by atoms with Crippen LogP contribution in [0.1, 0.15) is 46.5 Å². The minimum absolute atomic E-state index is 0. The van der Waals surface area contributed by atoms with E-state index in [2.05, 4.69) is 5.32 Å². The molecule has 0 unspecified atom stereocenters. The summed E-state index contributed by atoms with van der Waals surface area (Å²) in [4.78, 5) is 33.9. The SMILES string of the molecule is CC(C)(C)OC(=O)N1CCC[C@H]1C(=O)O.O=C(O)[C@@H]1CCCN1.S.S. The first kappa shape index (κ1) is 26.1. The van der Waals surface area contributed by atoms with Crippen molar-refractivity contribution in [2.45, 2.75) is 64.1 Å². The molecular formula is C15H30N2O6S2. The Morgan fingerprint density at radius 2 is 1.64 bits per heavy atom. The van der Waals surface area contributed by atoms with E-state index >= 15 is 0 Å². The molecule has 0 bridgehead atoms. The molecule has 2 fully saturated rings. The van der Waals surface area contributed by atoms with Crippen molar-refractivity contribution in [1.29, 1.82) is 0 Å². The quantitative estimate of drug-likeness (QED) is 0.646. The third-order valence-corrected chi connectivity index (χ3v) is 3.52. The minimum Gasteiger partial charge on any atom is -0.480 e. The van der Waals surface area contributed by atoms with Crippen molar-refractivity contribution in [1.82, 2.24) is 10.2 Å². The van der Waals surface area contributed by atoms with Gasteiger partial charge in [-0.05, 0) is 53.0 Å². The number of likely N-dealkylation sites (tertiary alicyclic amines) is 1. The smallest absolute Gasteiger partial charge is 0.411 e. The molecular weight excluding hydrogens is 368 g/mol. The van der Waals surface area contributed by atoms with Gasteiger partial charge in [0.15, 0.2) is 0 Å². The van der Waals surface area contributed by atoms with Crippen molar-refractivity contribution in [3.05, 3.63) is 0 Å². The van der Waals surface area contributed by atoms with Crippen LogP contribution in [-0.4, -0.2) is 63.9 Å². The fourth-order valence-corrected chi connectivity index (χ4v) is 2.46. The van der Waals surface area contributed by atoms with Gasteiger partial charge in [0, 0.05) is 6.54 Å². The molecule has 2 aliphatic rings. The largest absolute Gasteiger partial charge is 0.480 e. The summed E-state index contributed by atoms with van der Waals surface area (Å²) in [5.41, 5.74) is -0.581. The zero-order valence-electron chi connectivity index (χ0n) is 14.9. The Morgan fingerprint density at radius 1 is 1.04 bits per heavy atom. The maximum absolute atomic E-state index is 11.6. The van der Waals surface area contributed by atoms with Crippen LogP contribution in [0.15, 0.2) is 0 Å². The fourth-order valence-electron chi connectivity index (χ4n) is 2.46. The average Bonchev–Trinajstić information content (AvgIpc) is 3.09. The summed E-state index contributed by atoms with van der Waals surface area (Å²) < 4.78 is 5.13. The van der Waals surface area contributed by atoms with E-state index in [0.29, 0.717) is 13.0 Å². The summed E-state index contributed by atoms with van der Waals surface area (Å²) in [7, 11) is 0. The Morgan fingerprint density at radius 3 is 2.00 bits per heavy atom. The highest BCUT2D eigenvalue weighted by Crippen LogP contribution is 2.20. The van der Waals surface area contributed by atoms with Gasteiger partial charge in [0.2, 0.25) is 0 Å². The molecule has 2 atom stereocenters. The number of carboxylic acids is 2. The van der Waals surface area contributed by atoms with Crippen LogP contribution < -0.4 is 5.32 Å². The molecule has 0 aromatic carbocycles. The van der Waals surface area contributed by atoms with Gasteiger partial charge < -0.3 is 20.3 Å². The number of carbonyl (C=O) groups excluding carboxylic acids is 1. The van der Waals surface area contributed by atoms with Gasteiger partial charge in [0.05, 0.1) is 0 Å². The number of aliphatic carboxylic acids is 2. The molecule has 2 rings (SSSR count). The maximum atomic E-state index is 11.6. The van der Waals surface area contributed by atoms with Crippen LogP contribution >= 0.6 is 27.0 Å². The van der Waals surface area contributed by atoms with Gasteiger partial charge in [-0.1, -0.05) is 0 Å². The van der Waals surface area contributed by atoms with Gasteiger partial charge in [0.1, 0.15) is 17.7 Å². The molecule has 8 nitrogen and oxygen atoms in total. The van der Waals surface area contributed by atoms with Crippen molar-refractivity contribution in [3.63, 3.8) is 0 Å². The van der Waals surface area contributed by atoms with E-state index in [0.717, 1.165) is 25.8 Å². The molecule has 0 radical (unpaired) electrons. The molecule has 3 N–H and O–H groups in total. The lowest BCUT2D eigenvalue weighted by Crippen LogP contribution is -2.43. The van der Waals surface area contributed by atoms with Crippen LogP contribution in [0, 0.1) is 0 Å². The molecule has 148 valence electrons. The number of nitrogens with one attached hydrogen (secondary N) is 1. The predicted molar refractivity (Wildman–Crippen MR) is 103 cm³/mol. The van der Waals surface area contributed by atoms with Gasteiger partial charge in [-0.15, -0.1) is 0 Å². The van der Waals surface area contributed by atoms with E-state index in [-0.39, 0.29) is 33.0 Å². The lowest BCUT2D eigenvalue weighted by atomic mass is 10.2. The minimum atomic E-state index is -0.960. The molecule has 2 heterocycles. The van der Waals surface area contributed by atoms with E-state index < -0.39 is 29.7 Å². The summed E-state index contributed by atoms with van der Waals surface area (Å²) in [6.45, 7) is 6.60. The van der Waals surface area contributed by atoms with Gasteiger partial charge in [-0.2, -0.15) is 27.0 Å². The highest BCUT2D eigenvalue weighted by Gasteiger charge is 2.36. The normalized spacial score (nSPS) is 22.0. The summed E-state index contributed by atoms with van der Waals surface area (Å²) >= 11 is 0. The maximum Gasteiger partial charge on any atom is 0.411 e. The Bertz CT molecular complexity index is 450. The van der Waals surface area contributed by atoms with Crippen molar-refractivity contribution in [2.24, 2.45) is 0 Å². The highest BCUT2D eigenvalue weighted by molar-refractivity contribution is 7.59. The molecule has 25 heavy (non-hydrogen) atoms. The Kier molecular flexibility index (Phi) is 12.0. The van der Waals surface area contributed by atoms with E-state index in [1.54, 1.807) is 20.8 Å². The molecule has 0 aliphatic carbocycles. The van der Waals surface area contributed by atoms with Gasteiger partial charge in [0.25, 0.3) is 0 Å². The van der Waals surface area contributed by atoms with Gasteiger partial charge >= 0.3 is 18.0 Å². The molecule has 10 heteroatoms. The second-order valence-corrected chi connectivity index (χ2v) is 6.66. The molecule has 0 spiro atoms. The first-order chi connectivity index (χ1) is 10.6. The molecule has 2 saturated heterocycles. The monoisotopic (exact) mass is 398 g/mol. The summed E-state index contributed by atoms with van der Waals surface area (Å²) in [5, 5.41) is 20.1. The molecule has 0 aromatic heterocycles. The number of carbonyl (C=O) groups is 3. The van der Waals surface area contributed by atoms with Crippen LogP contribution in [0.4, 0.5) is 4.79 Å². The third-order valence-electron chi connectivity index (χ3n) is 3.52. The topological polar surface area (TPSA) is 116 Å². The van der Waals surface area contributed by atoms with Crippen molar-refractivity contribution >= 4 is 45.0 Å². The van der Waals surface area contributed by atoms with Crippen LogP contribution in [0.3, 0.4) is 0 Å². The first-order valence-corrected chi connectivity index (χ1v) is 7.80. The number of rotatable bonds is 2. The zero-order valence-corrected chi connectivity index (χ0v) is 16.9. The number of nitrogens with zero attached hydrogens (tertiary/aromatic N) is 1. The second-order valence-electron chi connectivity index (χ2n) is 6.66. The van der Waals surface area contributed by atoms with Crippen LogP contribution in [-0.2, 0) is 14.3 Å². The van der Waals surface area contributed by atoms with E-state index in [4.69, 9.17) is 14.9 Å². The lowest BCUT2D eigenvalue weighted by molar-refractivity contribution is -0.142. The second kappa shape index (κ2) is 11.5. The highest BCUT2D eigenvalue weighted by atomic mass is 32.1. The Balaban J connectivity index is 0. The molecule has 2 aliphatic heterocycles. The number of amides is 1. The summed E-state index contributed by atoms with van der Waals surface area (Å²) in [6.07, 6.45) is 2.48. The number of ether oxygens (including phenoxy) is 1. The number of carboxylic acid groups (broad SMARTS) is 2. The Labute approximate surface area is 162 Å². The average molecular weight is 399 g/mol. The number of hydrogen-bond donors (Lipinski definition) is 3. The van der Waals surface area contributed by atoms with Crippen molar-refractivity contribution in [2.75, 3.05) is 13.1 Å². The molecule has 0 saturated carbocycles. The van der Waals surface area contributed by atoms with Crippen molar-refractivity contribution < 1.29 is 29.3 Å². The van der Waals surface area contributed by atoms with E-state index in [9.17, 15) is 14.4 Å². The standard InChI is InChI=1S/C10H17NO4.C5H9NO2.2H2S/c1-10(2,3)15-9(14)11-6-4-5-7(11)8(12)13;7-5(8)4-2-1-3-6-4;;/h7H,4-6H2,1-3H3,(H,12,13);4,6H,1-3H2,(H,7,8);2*1H2/t7-;4-;;/m00../s1. The first-order valence-electron chi connectivity index (χ1n) is 7.80. The van der Waals surface area contributed by atoms with Crippen molar-refractivity contribution in [3.8, 4) is 0 Å². The van der Waals surface area contributed by atoms with Crippen LogP contribution in [0.5, 0.6) is 0 Å². The van der Waals surface area contributed by atoms with E-state index in [1.165, 1.54) is 4.90 Å². The molecule has 0 aromatic rings.